The molecule has 1 saturated carbocycles. The first-order chi connectivity index (χ1) is 7.77. The fraction of sp³-hybridized carbons (Fsp3) is 0.500. The van der Waals surface area contributed by atoms with Gasteiger partial charge < -0.3 is 0 Å². The van der Waals surface area contributed by atoms with Crippen LogP contribution in [-0.2, 0) is 0 Å². The molecular formula is C12H14ClN3. The van der Waals surface area contributed by atoms with Gasteiger partial charge >= 0.3 is 0 Å². The third-order valence-corrected chi connectivity index (χ3v) is 3.83. The van der Waals surface area contributed by atoms with Crippen LogP contribution in [0, 0.1) is 6.92 Å². The number of hydrogen-bond acceptors (Lipinski definition) is 2. The standard InChI is InChI=1S/C12H14ClN3/c1-8-11(9-4-2-3-5-9)12(13)16-10(15-8)6-7-14-16/h6-7,9H,2-5H2,1H3. The maximum Gasteiger partial charge on any atom is 0.156 e. The molecule has 0 saturated heterocycles. The van der Waals surface area contributed by atoms with Crippen LogP contribution >= 0.6 is 11.6 Å². The normalized spacial score (nSPS) is 17.4. The highest BCUT2D eigenvalue weighted by Gasteiger charge is 2.23. The van der Waals surface area contributed by atoms with Gasteiger partial charge in [0.25, 0.3) is 0 Å². The quantitative estimate of drug-likeness (QED) is 0.710. The van der Waals surface area contributed by atoms with Gasteiger partial charge in [0.2, 0.25) is 0 Å². The molecular weight excluding hydrogens is 222 g/mol. The van der Waals surface area contributed by atoms with E-state index >= 15 is 0 Å². The molecule has 2 heterocycles. The van der Waals surface area contributed by atoms with Crippen LogP contribution in [0.5, 0.6) is 0 Å². The molecule has 0 unspecified atom stereocenters. The molecule has 2 aromatic heterocycles. The molecule has 0 bridgehead atoms. The molecule has 1 fully saturated rings. The molecule has 3 nitrogen and oxygen atoms in total. The van der Waals surface area contributed by atoms with Crippen LogP contribution in [0.25, 0.3) is 5.65 Å². The molecule has 0 spiro atoms. The Bertz CT molecular complexity index is 526. The molecule has 2 aromatic rings. The van der Waals surface area contributed by atoms with Gasteiger partial charge in [-0.25, -0.2) is 9.50 Å². The van der Waals surface area contributed by atoms with Crippen molar-refractivity contribution in [2.45, 2.75) is 38.5 Å². The van der Waals surface area contributed by atoms with Crippen LogP contribution in [0.2, 0.25) is 5.15 Å². The minimum absolute atomic E-state index is 0.577. The fourth-order valence-corrected chi connectivity index (χ4v) is 3.13. The summed E-state index contributed by atoms with van der Waals surface area (Å²) >= 11 is 6.43. The van der Waals surface area contributed by atoms with Crippen LogP contribution < -0.4 is 0 Å². The van der Waals surface area contributed by atoms with E-state index in [1.165, 1.54) is 31.2 Å². The number of aryl methyl sites for hydroxylation is 1. The topological polar surface area (TPSA) is 30.2 Å². The molecule has 0 amide bonds. The first-order valence-electron chi connectivity index (χ1n) is 5.77. The third kappa shape index (κ3) is 1.42. The zero-order valence-corrected chi connectivity index (χ0v) is 10.0. The number of rotatable bonds is 1. The zero-order chi connectivity index (χ0) is 11.1. The Kier molecular flexibility index (Phi) is 2.36. The van der Waals surface area contributed by atoms with E-state index in [1.807, 2.05) is 13.0 Å². The summed E-state index contributed by atoms with van der Waals surface area (Å²) in [7, 11) is 0. The van der Waals surface area contributed by atoms with Crippen molar-refractivity contribution in [3.05, 3.63) is 28.7 Å². The number of hydrogen-bond donors (Lipinski definition) is 0. The zero-order valence-electron chi connectivity index (χ0n) is 9.28. The summed E-state index contributed by atoms with van der Waals surface area (Å²) in [5.74, 6) is 0.577. The predicted molar refractivity (Wildman–Crippen MR) is 63.9 cm³/mol. The Labute approximate surface area is 99.4 Å². The SMILES string of the molecule is Cc1nc2ccnn2c(Cl)c1C1CCCC1. The highest BCUT2D eigenvalue weighted by molar-refractivity contribution is 6.30. The van der Waals surface area contributed by atoms with Gasteiger partial charge in [0.05, 0.1) is 6.20 Å². The molecule has 0 N–H and O–H groups in total. The Hall–Kier alpha value is -1.09. The monoisotopic (exact) mass is 235 g/mol. The van der Waals surface area contributed by atoms with Crippen LogP contribution in [0.3, 0.4) is 0 Å². The van der Waals surface area contributed by atoms with Gasteiger partial charge in [-0.05, 0) is 25.7 Å². The largest absolute Gasteiger partial charge is 0.233 e. The Morgan fingerprint density at radius 3 is 2.88 bits per heavy atom. The van der Waals surface area contributed by atoms with Crippen LogP contribution in [0.4, 0.5) is 0 Å². The Balaban J connectivity index is 2.21. The second kappa shape index (κ2) is 3.74. The van der Waals surface area contributed by atoms with E-state index < -0.39 is 0 Å². The second-order valence-electron chi connectivity index (χ2n) is 4.48. The lowest BCUT2D eigenvalue weighted by molar-refractivity contribution is 0.700. The van der Waals surface area contributed by atoms with E-state index in [1.54, 1.807) is 10.7 Å². The Morgan fingerprint density at radius 2 is 2.12 bits per heavy atom. The van der Waals surface area contributed by atoms with Crippen LogP contribution in [0.1, 0.15) is 42.9 Å². The lowest BCUT2D eigenvalue weighted by Crippen LogP contribution is -2.05. The van der Waals surface area contributed by atoms with Crippen molar-refractivity contribution in [1.82, 2.24) is 14.6 Å². The van der Waals surface area contributed by atoms with E-state index in [0.29, 0.717) is 5.92 Å². The number of fused-ring (bicyclic) bond motifs is 1. The summed E-state index contributed by atoms with van der Waals surface area (Å²) in [5, 5.41) is 4.96. The summed E-state index contributed by atoms with van der Waals surface area (Å²) in [6.07, 6.45) is 6.81. The lowest BCUT2D eigenvalue weighted by Gasteiger charge is -2.14. The minimum atomic E-state index is 0.577. The average molecular weight is 236 g/mol. The van der Waals surface area contributed by atoms with E-state index in [9.17, 15) is 0 Å². The van der Waals surface area contributed by atoms with E-state index in [-0.39, 0.29) is 0 Å². The fourth-order valence-electron chi connectivity index (χ4n) is 2.71. The molecule has 3 rings (SSSR count). The van der Waals surface area contributed by atoms with Gasteiger partial charge in [0, 0.05) is 17.3 Å². The molecule has 0 radical (unpaired) electrons. The molecule has 84 valence electrons. The summed E-state index contributed by atoms with van der Waals surface area (Å²) in [5.41, 5.74) is 3.10. The molecule has 1 aliphatic carbocycles. The predicted octanol–water partition coefficient (Wildman–Crippen LogP) is 3.35. The smallest absolute Gasteiger partial charge is 0.156 e. The maximum atomic E-state index is 6.43. The Morgan fingerprint density at radius 1 is 1.38 bits per heavy atom. The van der Waals surface area contributed by atoms with Crippen LogP contribution in [-0.4, -0.2) is 14.6 Å². The lowest BCUT2D eigenvalue weighted by atomic mass is 9.98. The summed E-state index contributed by atoms with van der Waals surface area (Å²) in [4.78, 5) is 4.56. The first kappa shape index (κ1) is 10.1. The molecule has 16 heavy (non-hydrogen) atoms. The van der Waals surface area contributed by atoms with Crippen molar-refractivity contribution in [1.29, 1.82) is 0 Å². The highest BCUT2D eigenvalue weighted by atomic mass is 35.5. The number of nitrogens with zero attached hydrogens (tertiary/aromatic N) is 3. The molecule has 0 aromatic carbocycles. The van der Waals surface area contributed by atoms with E-state index in [4.69, 9.17) is 11.6 Å². The summed E-state index contributed by atoms with van der Waals surface area (Å²) < 4.78 is 1.74. The van der Waals surface area contributed by atoms with Gasteiger partial charge in [-0.3, -0.25) is 0 Å². The average Bonchev–Trinajstić information content (AvgIpc) is 2.87. The summed E-state index contributed by atoms with van der Waals surface area (Å²) in [6.45, 7) is 2.05. The second-order valence-corrected chi connectivity index (χ2v) is 4.84. The van der Waals surface area contributed by atoms with Gasteiger partial charge in [-0.1, -0.05) is 24.4 Å². The van der Waals surface area contributed by atoms with Crippen molar-refractivity contribution in [3.63, 3.8) is 0 Å². The maximum absolute atomic E-state index is 6.43. The number of halogens is 1. The van der Waals surface area contributed by atoms with Crippen molar-refractivity contribution in [2.24, 2.45) is 0 Å². The van der Waals surface area contributed by atoms with E-state index in [2.05, 4.69) is 10.1 Å². The highest BCUT2D eigenvalue weighted by Crippen LogP contribution is 2.38. The van der Waals surface area contributed by atoms with Gasteiger partial charge in [-0.15, -0.1) is 0 Å². The van der Waals surface area contributed by atoms with E-state index in [0.717, 1.165) is 16.5 Å². The van der Waals surface area contributed by atoms with Crippen molar-refractivity contribution >= 4 is 17.2 Å². The third-order valence-electron chi connectivity index (χ3n) is 3.47. The summed E-state index contributed by atoms with van der Waals surface area (Å²) in [6, 6.07) is 1.89. The molecule has 1 aliphatic rings. The van der Waals surface area contributed by atoms with Crippen molar-refractivity contribution in [2.75, 3.05) is 0 Å². The molecule has 0 atom stereocenters. The first-order valence-corrected chi connectivity index (χ1v) is 6.15. The van der Waals surface area contributed by atoms with Gasteiger partial charge in [0.1, 0.15) is 5.15 Å². The number of aromatic nitrogens is 3. The van der Waals surface area contributed by atoms with Crippen molar-refractivity contribution < 1.29 is 0 Å². The minimum Gasteiger partial charge on any atom is -0.233 e. The van der Waals surface area contributed by atoms with Gasteiger partial charge in [-0.2, -0.15) is 5.10 Å². The molecule has 0 aliphatic heterocycles. The van der Waals surface area contributed by atoms with Gasteiger partial charge in [0.15, 0.2) is 5.65 Å². The van der Waals surface area contributed by atoms with Crippen LogP contribution in [0.15, 0.2) is 12.3 Å². The van der Waals surface area contributed by atoms with Crippen molar-refractivity contribution in [3.8, 4) is 0 Å². The molecule has 4 heteroatoms.